The Bertz CT molecular complexity index is 616. The molecular weight excluding hydrogens is 279 g/mol. The number of hydrogen-bond donors (Lipinski definition) is 1. The molecule has 1 aliphatic carbocycles. The van der Waals surface area contributed by atoms with Gasteiger partial charge in [0.05, 0.1) is 0 Å². The van der Waals surface area contributed by atoms with Gasteiger partial charge in [-0.05, 0) is 49.4 Å². The van der Waals surface area contributed by atoms with Crippen molar-refractivity contribution in [1.82, 2.24) is 0 Å². The first-order valence-electron chi connectivity index (χ1n) is 7.70. The van der Waals surface area contributed by atoms with E-state index in [1.807, 2.05) is 30.3 Å². The van der Waals surface area contributed by atoms with Gasteiger partial charge in [0.25, 0.3) is 0 Å². The first-order chi connectivity index (χ1) is 10.5. The highest BCUT2D eigenvalue weighted by atomic mass is 19.1. The van der Waals surface area contributed by atoms with Crippen LogP contribution in [0, 0.1) is 0 Å². The van der Waals surface area contributed by atoms with Crippen molar-refractivity contribution in [3.05, 3.63) is 65.7 Å². The Morgan fingerprint density at radius 2 is 1.73 bits per heavy atom. The van der Waals surface area contributed by atoms with E-state index in [0.717, 1.165) is 12.0 Å². The smallest absolute Gasteiger partial charge is 0.143 e. The normalized spacial score (nSPS) is 19.0. The van der Waals surface area contributed by atoms with E-state index in [-0.39, 0.29) is 0 Å². The third kappa shape index (κ3) is 2.73. The lowest BCUT2D eigenvalue weighted by Gasteiger charge is -2.45. The van der Waals surface area contributed by atoms with Crippen LogP contribution in [0.15, 0.2) is 54.6 Å². The molecule has 0 spiro atoms. The Hall–Kier alpha value is -1.87. The molecule has 1 unspecified atom stereocenters. The van der Waals surface area contributed by atoms with Gasteiger partial charge in [0.2, 0.25) is 0 Å². The van der Waals surface area contributed by atoms with Crippen molar-refractivity contribution in [2.75, 3.05) is 0 Å². The van der Waals surface area contributed by atoms with Crippen LogP contribution in [-0.2, 0) is 12.2 Å². The molecule has 2 nitrogen and oxygen atoms in total. The topological polar surface area (TPSA) is 29.5 Å². The molecule has 1 atom stereocenters. The summed E-state index contributed by atoms with van der Waals surface area (Å²) in [6, 6.07) is 17.0. The second-order valence-corrected chi connectivity index (χ2v) is 6.19. The van der Waals surface area contributed by atoms with Crippen LogP contribution in [0.25, 0.3) is 0 Å². The minimum Gasteiger partial charge on any atom is -0.489 e. The molecule has 1 saturated carbocycles. The number of aliphatic hydroxyl groups is 1. The number of hydrogen-bond acceptors (Lipinski definition) is 2. The average molecular weight is 300 g/mol. The standard InChI is InChI=1S/C19H21FO2/c1-18(21,19(20)12-5-13-19)16-8-10-17(11-9-16)22-14-15-6-3-2-4-7-15/h2-4,6-11,21H,5,12-14H2,1H3. The van der Waals surface area contributed by atoms with Crippen LogP contribution in [0.4, 0.5) is 4.39 Å². The fourth-order valence-electron chi connectivity index (χ4n) is 2.85. The molecule has 1 aliphatic rings. The average Bonchev–Trinajstić information content (AvgIpc) is 2.52. The van der Waals surface area contributed by atoms with Crippen LogP contribution < -0.4 is 4.74 Å². The number of halogens is 1. The predicted molar refractivity (Wildman–Crippen MR) is 84.5 cm³/mol. The third-order valence-electron chi connectivity index (χ3n) is 4.68. The highest BCUT2D eigenvalue weighted by Gasteiger charge is 2.53. The lowest BCUT2D eigenvalue weighted by molar-refractivity contribution is -0.139. The van der Waals surface area contributed by atoms with E-state index in [4.69, 9.17) is 4.74 Å². The van der Waals surface area contributed by atoms with Gasteiger partial charge in [0.15, 0.2) is 0 Å². The predicted octanol–water partition coefficient (Wildman–Crippen LogP) is 4.37. The monoisotopic (exact) mass is 300 g/mol. The van der Waals surface area contributed by atoms with Crippen molar-refractivity contribution in [3.63, 3.8) is 0 Å². The summed E-state index contributed by atoms with van der Waals surface area (Å²) in [5, 5.41) is 10.5. The highest BCUT2D eigenvalue weighted by Crippen LogP contribution is 2.49. The second kappa shape index (κ2) is 5.73. The van der Waals surface area contributed by atoms with E-state index < -0.39 is 11.3 Å². The van der Waals surface area contributed by atoms with Gasteiger partial charge < -0.3 is 9.84 Å². The number of benzene rings is 2. The van der Waals surface area contributed by atoms with Crippen molar-refractivity contribution >= 4 is 0 Å². The molecule has 0 heterocycles. The van der Waals surface area contributed by atoms with Gasteiger partial charge in [-0.1, -0.05) is 42.5 Å². The number of rotatable bonds is 5. The zero-order valence-corrected chi connectivity index (χ0v) is 12.8. The summed E-state index contributed by atoms with van der Waals surface area (Å²) in [4.78, 5) is 0. The molecule has 0 aromatic heterocycles. The van der Waals surface area contributed by atoms with Gasteiger partial charge in [-0.2, -0.15) is 0 Å². The van der Waals surface area contributed by atoms with Crippen molar-refractivity contribution in [2.45, 2.75) is 44.1 Å². The molecule has 0 amide bonds. The summed E-state index contributed by atoms with van der Waals surface area (Å²) in [6.07, 6.45) is 1.68. The van der Waals surface area contributed by atoms with Gasteiger partial charge in [0, 0.05) is 0 Å². The summed E-state index contributed by atoms with van der Waals surface area (Å²) in [7, 11) is 0. The van der Waals surface area contributed by atoms with Crippen molar-refractivity contribution in [3.8, 4) is 5.75 Å². The maximum absolute atomic E-state index is 14.6. The summed E-state index contributed by atoms with van der Waals surface area (Å²) >= 11 is 0. The van der Waals surface area contributed by atoms with Crippen LogP contribution in [0.2, 0.25) is 0 Å². The maximum Gasteiger partial charge on any atom is 0.143 e. The Balaban J connectivity index is 1.68. The zero-order valence-electron chi connectivity index (χ0n) is 12.8. The first-order valence-corrected chi connectivity index (χ1v) is 7.70. The molecule has 0 bridgehead atoms. The maximum atomic E-state index is 14.6. The SMILES string of the molecule is CC(O)(c1ccc(OCc2ccccc2)cc1)C1(F)CCC1. The van der Waals surface area contributed by atoms with Gasteiger partial charge in [0.1, 0.15) is 23.6 Å². The van der Waals surface area contributed by atoms with E-state index in [2.05, 4.69) is 0 Å². The minimum atomic E-state index is -1.50. The molecule has 3 rings (SSSR count). The minimum absolute atomic E-state index is 0.423. The van der Waals surface area contributed by atoms with E-state index in [0.29, 0.717) is 30.8 Å². The molecular formula is C19H21FO2. The Kier molecular flexibility index (Phi) is 3.92. The molecule has 0 radical (unpaired) electrons. The van der Waals surface area contributed by atoms with Gasteiger partial charge in [-0.15, -0.1) is 0 Å². The molecule has 2 aromatic carbocycles. The molecule has 3 heteroatoms. The highest BCUT2D eigenvalue weighted by molar-refractivity contribution is 5.33. The van der Waals surface area contributed by atoms with Crippen molar-refractivity contribution < 1.29 is 14.2 Å². The Morgan fingerprint density at radius 1 is 1.09 bits per heavy atom. The molecule has 22 heavy (non-hydrogen) atoms. The quantitative estimate of drug-likeness (QED) is 0.888. The summed E-state index contributed by atoms with van der Waals surface area (Å²) < 4.78 is 20.3. The molecule has 1 N–H and O–H groups in total. The summed E-state index contributed by atoms with van der Waals surface area (Å²) in [5.74, 6) is 0.713. The molecule has 0 aliphatic heterocycles. The Morgan fingerprint density at radius 3 is 2.27 bits per heavy atom. The van der Waals surface area contributed by atoms with E-state index in [1.54, 1.807) is 31.2 Å². The molecule has 0 saturated heterocycles. The van der Waals surface area contributed by atoms with E-state index in [9.17, 15) is 9.50 Å². The summed E-state index contributed by atoms with van der Waals surface area (Å²) in [6.45, 7) is 2.05. The molecule has 2 aromatic rings. The largest absolute Gasteiger partial charge is 0.489 e. The van der Waals surface area contributed by atoms with Crippen LogP contribution in [0.5, 0.6) is 5.75 Å². The number of alkyl halides is 1. The summed E-state index contributed by atoms with van der Waals surface area (Å²) in [5.41, 5.74) is -1.25. The van der Waals surface area contributed by atoms with E-state index in [1.165, 1.54) is 0 Å². The van der Waals surface area contributed by atoms with Gasteiger partial charge in [-0.3, -0.25) is 0 Å². The van der Waals surface area contributed by atoms with Crippen LogP contribution in [-0.4, -0.2) is 10.8 Å². The van der Waals surface area contributed by atoms with Crippen LogP contribution in [0.1, 0.15) is 37.3 Å². The fraction of sp³-hybridized carbons (Fsp3) is 0.368. The fourth-order valence-corrected chi connectivity index (χ4v) is 2.85. The first kappa shape index (κ1) is 15.0. The van der Waals surface area contributed by atoms with Gasteiger partial charge in [-0.25, -0.2) is 4.39 Å². The lowest BCUT2D eigenvalue weighted by Crippen LogP contribution is -2.51. The molecule has 1 fully saturated rings. The van der Waals surface area contributed by atoms with Crippen LogP contribution >= 0.6 is 0 Å². The molecule has 116 valence electrons. The van der Waals surface area contributed by atoms with Crippen LogP contribution in [0.3, 0.4) is 0 Å². The Labute approximate surface area is 130 Å². The van der Waals surface area contributed by atoms with Crippen molar-refractivity contribution in [2.24, 2.45) is 0 Å². The second-order valence-electron chi connectivity index (χ2n) is 6.19. The lowest BCUT2D eigenvalue weighted by atomic mass is 9.68. The third-order valence-corrected chi connectivity index (χ3v) is 4.68. The van der Waals surface area contributed by atoms with Crippen molar-refractivity contribution in [1.29, 1.82) is 0 Å². The number of ether oxygens (including phenoxy) is 1. The van der Waals surface area contributed by atoms with Gasteiger partial charge >= 0.3 is 0 Å². The zero-order chi connectivity index (χ0) is 15.6. The van der Waals surface area contributed by atoms with E-state index >= 15 is 0 Å².